The van der Waals surface area contributed by atoms with Crippen molar-refractivity contribution in [2.45, 2.75) is 44.4 Å². The Balaban J connectivity index is 1.49. The molecule has 2 unspecified atom stereocenters. The van der Waals surface area contributed by atoms with E-state index in [1.807, 2.05) is 12.1 Å². The second-order valence-corrected chi connectivity index (χ2v) is 7.18. The van der Waals surface area contributed by atoms with Crippen molar-refractivity contribution in [3.8, 4) is 0 Å². The Morgan fingerprint density at radius 1 is 1.20 bits per heavy atom. The Morgan fingerprint density at radius 2 is 2.04 bits per heavy atom. The van der Waals surface area contributed by atoms with Gasteiger partial charge in [0.05, 0.1) is 0 Å². The maximum atomic E-state index is 12.7. The van der Waals surface area contributed by atoms with Crippen LogP contribution in [0.4, 0.5) is 0 Å². The zero-order valence-corrected chi connectivity index (χ0v) is 14.0. The molecule has 7 heteroatoms. The monoisotopic (exact) mass is 342 g/mol. The number of likely N-dealkylation sites (tertiary alicyclic amines) is 1. The molecule has 0 radical (unpaired) electrons. The lowest BCUT2D eigenvalue weighted by Crippen LogP contribution is -2.52. The van der Waals surface area contributed by atoms with Crippen molar-refractivity contribution in [3.05, 3.63) is 34.9 Å². The van der Waals surface area contributed by atoms with Gasteiger partial charge in [-0.05, 0) is 30.0 Å². The van der Waals surface area contributed by atoms with Gasteiger partial charge >= 0.3 is 0 Å². The first-order valence-electron chi connectivity index (χ1n) is 8.75. The molecule has 4 rings (SSSR count). The third-order valence-electron chi connectivity index (χ3n) is 5.30. The first-order chi connectivity index (χ1) is 12.0. The fraction of sp³-hybridized carbons (Fsp3) is 0.500. The number of hydrogen-bond acceptors (Lipinski definition) is 5. The Hall–Kier alpha value is -2.25. The van der Waals surface area contributed by atoms with E-state index in [1.165, 1.54) is 0 Å². The number of amides is 3. The van der Waals surface area contributed by atoms with Crippen LogP contribution in [0.1, 0.15) is 40.7 Å². The quantitative estimate of drug-likeness (QED) is 0.753. The lowest BCUT2D eigenvalue weighted by atomic mass is 10.0. The summed E-state index contributed by atoms with van der Waals surface area (Å²) in [7, 11) is 0. The van der Waals surface area contributed by atoms with Crippen LogP contribution >= 0.6 is 0 Å². The lowest BCUT2D eigenvalue weighted by Gasteiger charge is -2.29. The predicted octanol–water partition coefficient (Wildman–Crippen LogP) is -0.0194. The summed E-state index contributed by atoms with van der Waals surface area (Å²) in [5, 5.41) is 2.33. The van der Waals surface area contributed by atoms with Crippen molar-refractivity contribution >= 4 is 17.7 Å². The zero-order chi connectivity index (χ0) is 17.6. The van der Waals surface area contributed by atoms with Gasteiger partial charge in [0.1, 0.15) is 6.04 Å². The molecule has 0 aromatic heterocycles. The van der Waals surface area contributed by atoms with Crippen molar-refractivity contribution < 1.29 is 14.4 Å². The second-order valence-electron chi connectivity index (χ2n) is 7.18. The number of piperidine rings is 1. The molecule has 2 fully saturated rings. The van der Waals surface area contributed by atoms with E-state index in [1.54, 1.807) is 4.90 Å². The molecule has 1 aromatic rings. The number of rotatable bonds is 3. The van der Waals surface area contributed by atoms with Gasteiger partial charge in [0.15, 0.2) is 0 Å². The fourth-order valence-electron chi connectivity index (χ4n) is 3.99. The molecule has 0 spiro atoms. The fourth-order valence-corrected chi connectivity index (χ4v) is 3.99. The molecule has 1 aromatic carbocycles. The van der Waals surface area contributed by atoms with E-state index in [0.717, 1.165) is 37.2 Å². The predicted molar refractivity (Wildman–Crippen MR) is 90.4 cm³/mol. The highest BCUT2D eigenvalue weighted by Crippen LogP contribution is 2.28. The molecular formula is C18H22N4O3. The highest BCUT2D eigenvalue weighted by molar-refractivity contribution is 6.05. The number of benzene rings is 1. The zero-order valence-electron chi connectivity index (χ0n) is 14.0. The number of nitrogens with two attached hydrogens (primary N) is 1. The average molecular weight is 342 g/mol. The summed E-state index contributed by atoms with van der Waals surface area (Å²) in [5.74, 6) is -0.764. The first kappa shape index (κ1) is 16.2. The SMILES string of the molecule is NC1CCN(Cc2ccc3c(c2)CN(C2CCC(=O)NC2=O)C3=O)C1. The van der Waals surface area contributed by atoms with Crippen molar-refractivity contribution in [1.29, 1.82) is 0 Å². The Kier molecular flexibility index (Phi) is 4.05. The Bertz CT molecular complexity index is 748. The Labute approximate surface area is 146 Å². The number of hydrogen-bond donors (Lipinski definition) is 2. The van der Waals surface area contributed by atoms with Gasteiger partial charge in [-0.2, -0.15) is 0 Å². The maximum Gasteiger partial charge on any atom is 0.255 e. The topological polar surface area (TPSA) is 95.7 Å². The highest BCUT2D eigenvalue weighted by atomic mass is 16.2. The second kappa shape index (κ2) is 6.24. The number of nitrogens with one attached hydrogen (secondary N) is 1. The summed E-state index contributed by atoms with van der Waals surface area (Å²) in [6.07, 6.45) is 1.69. The smallest absolute Gasteiger partial charge is 0.255 e. The van der Waals surface area contributed by atoms with E-state index in [2.05, 4.69) is 16.3 Å². The molecule has 7 nitrogen and oxygen atoms in total. The Morgan fingerprint density at radius 3 is 2.76 bits per heavy atom. The number of fused-ring (bicyclic) bond motifs is 1. The van der Waals surface area contributed by atoms with Crippen LogP contribution < -0.4 is 11.1 Å². The van der Waals surface area contributed by atoms with Crippen LogP contribution in [-0.2, 0) is 22.7 Å². The van der Waals surface area contributed by atoms with Gasteiger partial charge in [0, 0.05) is 44.2 Å². The molecule has 3 N–H and O–H groups in total. The molecule has 3 aliphatic rings. The van der Waals surface area contributed by atoms with Gasteiger partial charge in [0.25, 0.3) is 5.91 Å². The molecule has 3 aliphatic heterocycles. The number of imide groups is 1. The molecule has 3 amide bonds. The molecule has 2 saturated heterocycles. The lowest BCUT2D eigenvalue weighted by molar-refractivity contribution is -0.136. The van der Waals surface area contributed by atoms with E-state index in [9.17, 15) is 14.4 Å². The van der Waals surface area contributed by atoms with E-state index in [-0.39, 0.29) is 30.2 Å². The third-order valence-corrected chi connectivity index (χ3v) is 5.30. The van der Waals surface area contributed by atoms with Crippen molar-refractivity contribution in [1.82, 2.24) is 15.1 Å². The van der Waals surface area contributed by atoms with Crippen LogP contribution in [0.5, 0.6) is 0 Å². The van der Waals surface area contributed by atoms with Crippen molar-refractivity contribution in [3.63, 3.8) is 0 Å². The van der Waals surface area contributed by atoms with Gasteiger partial charge < -0.3 is 10.6 Å². The van der Waals surface area contributed by atoms with Gasteiger partial charge in [-0.15, -0.1) is 0 Å². The van der Waals surface area contributed by atoms with Gasteiger partial charge in [-0.1, -0.05) is 12.1 Å². The minimum atomic E-state index is -0.558. The summed E-state index contributed by atoms with van der Waals surface area (Å²) < 4.78 is 0. The van der Waals surface area contributed by atoms with Crippen LogP contribution in [0.25, 0.3) is 0 Å². The number of carbonyl (C=O) groups excluding carboxylic acids is 3. The minimum Gasteiger partial charge on any atom is -0.326 e. The standard InChI is InChI=1S/C18H22N4O3/c19-13-5-6-21(10-13)8-11-1-2-14-12(7-11)9-22(18(14)25)15-3-4-16(23)20-17(15)24/h1-2,7,13,15H,3-6,8-10,19H2,(H,20,23,24). The largest absolute Gasteiger partial charge is 0.326 e. The van der Waals surface area contributed by atoms with Gasteiger partial charge in [-0.25, -0.2) is 0 Å². The van der Waals surface area contributed by atoms with Gasteiger partial charge in [-0.3, -0.25) is 24.6 Å². The molecular weight excluding hydrogens is 320 g/mol. The third kappa shape index (κ3) is 3.05. The van der Waals surface area contributed by atoms with Crippen LogP contribution in [0, 0.1) is 0 Å². The summed E-state index contributed by atoms with van der Waals surface area (Å²) in [6, 6.07) is 5.59. The molecule has 2 atom stereocenters. The van der Waals surface area contributed by atoms with Crippen LogP contribution in [-0.4, -0.2) is 52.7 Å². The maximum absolute atomic E-state index is 12.7. The van der Waals surface area contributed by atoms with Gasteiger partial charge in [0.2, 0.25) is 11.8 Å². The highest BCUT2D eigenvalue weighted by Gasteiger charge is 2.39. The normalized spacial score (nSPS) is 26.9. The van der Waals surface area contributed by atoms with E-state index >= 15 is 0 Å². The molecule has 0 bridgehead atoms. The van der Waals surface area contributed by atoms with Crippen LogP contribution in [0.2, 0.25) is 0 Å². The molecule has 132 valence electrons. The summed E-state index contributed by atoms with van der Waals surface area (Å²) in [5.41, 5.74) is 8.73. The van der Waals surface area contributed by atoms with Crippen LogP contribution in [0.15, 0.2) is 18.2 Å². The first-order valence-corrected chi connectivity index (χ1v) is 8.75. The van der Waals surface area contributed by atoms with Crippen LogP contribution in [0.3, 0.4) is 0 Å². The van der Waals surface area contributed by atoms with Crippen molar-refractivity contribution in [2.24, 2.45) is 5.73 Å². The average Bonchev–Trinajstić information content (AvgIpc) is 3.11. The van der Waals surface area contributed by atoms with E-state index in [0.29, 0.717) is 18.5 Å². The molecule has 0 aliphatic carbocycles. The minimum absolute atomic E-state index is 0.126. The summed E-state index contributed by atoms with van der Waals surface area (Å²) in [4.78, 5) is 40.0. The summed E-state index contributed by atoms with van der Waals surface area (Å²) in [6.45, 7) is 3.15. The number of carbonyl (C=O) groups is 3. The number of nitrogens with zero attached hydrogens (tertiary/aromatic N) is 2. The molecule has 25 heavy (non-hydrogen) atoms. The molecule has 0 saturated carbocycles. The molecule has 3 heterocycles. The van der Waals surface area contributed by atoms with E-state index in [4.69, 9.17) is 5.73 Å². The van der Waals surface area contributed by atoms with Crippen molar-refractivity contribution in [2.75, 3.05) is 13.1 Å². The van der Waals surface area contributed by atoms with E-state index < -0.39 is 6.04 Å². The summed E-state index contributed by atoms with van der Waals surface area (Å²) >= 11 is 0.